The molecule has 0 saturated carbocycles. The summed E-state index contributed by atoms with van der Waals surface area (Å²) in [5.74, 6) is 0.196. The molecule has 2 aromatic carbocycles. The highest BCUT2D eigenvalue weighted by Crippen LogP contribution is 2.44. The van der Waals surface area contributed by atoms with Crippen molar-refractivity contribution in [2.45, 2.75) is 19.6 Å². The fourth-order valence-corrected chi connectivity index (χ4v) is 2.86. The Bertz CT molecular complexity index is 899. The maximum Gasteiger partial charge on any atom is 0.344 e. The van der Waals surface area contributed by atoms with Crippen molar-refractivity contribution < 1.29 is 23.7 Å². The molecule has 0 spiro atoms. The molecule has 0 N–H and O–H groups in total. The standard InChI is InChI=1S/C21H19NO5/c1-3-7-15-17(25-12-14-8-5-4-6-9-14)10-16-18(11-22)27-21(23)19(16)20(15)26-13-24-2/h3-10,18H,12-13H2,1-2H3/b7-3+. The summed E-state index contributed by atoms with van der Waals surface area (Å²) in [6, 6.07) is 13.4. The van der Waals surface area contributed by atoms with Gasteiger partial charge in [-0.1, -0.05) is 42.5 Å². The maximum atomic E-state index is 12.3. The molecule has 0 fully saturated rings. The quantitative estimate of drug-likeness (QED) is 0.545. The lowest BCUT2D eigenvalue weighted by molar-refractivity contribution is 0.0431. The molecule has 0 aliphatic carbocycles. The number of carbonyl (C=O) groups is 1. The van der Waals surface area contributed by atoms with E-state index in [9.17, 15) is 10.1 Å². The molecule has 3 rings (SSSR count). The highest BCUT2D eigenvalue weighted by atomic mass is 16.7. The molecule has 0 radical (unpaired) electrons. The van der Waals surface area contributed by atoms with Crippen LogP contribution in [0.25, 0.3) is 6.08 Å². The number of methoxy groups -OCH3 is 1. The average molecular weight is 365 g/mol. The van der Waals surface area contributed by atoms with Crippen molar-refractivity contribution >= 4 is 12.0 Å². The van der Waals surface area contributed by atoms with Gasteiger partial charge in [-0.05, 0) is 18.6 Å². The van der Waals surface area contributed by atoms with Gasteiger partial charge in [0, 0.05) is 12.7 Å². The Labute approximate surface area is 157 Å². The fourth-order valence-electron chi connectivity index (χ4n) is 2.86. The first-order chi connectivity index (χ1) is 13.2. The van der Waals surface area contributed by atoms with Crippen molar-refractivity contribution in [1.29, 1.82) is 5.26 Å². The van der Waals surface area contributed by atoms with Crippen LogP contribution in [0.2, 0.25) is 0 Å². The summed E-state index contributed by atoms with van der Waals surface area (Å²) in [4.78, 5) is 12.3. The molecule has 1 atom stereocenters. The van der Waals surface area contributed by atoms with Crippen molar-refractivity contribution in [2.75, 3.05) is 13.9 Å². The number of carbonyl (C=O) groups excluding carboxylic acids is 1. The third-order valence-electron chi connectivity index (χ3n) is 4.03. The monoisotopic (exact) mass is 365 g/mol. The maximum absolute atomic E-state index is 12.3. The average Bonchev–Trinajstić information content (AvgIpc) is 3.02. The first kappa shape index (κ1) is 18.5. The summed E-state index contributed by atoms with van der Waals surface area (Å²) >= 11 is 0. The highest BCUT2D eigenvalue weighted by molar-refractivity contribution is 5.99. The first-order valence-corrected chi connectivity index (χ1v) is 8.42. The molecule has 1 unspecified atom stereocenters. The van der Waals surface area contributed by atoms with Gasteiger partial charge >= 0.3 is 5.97 Å². The number of hydrogen-bond acceptors (Lipinski definition) is 6. The Morgan fingerprint density at radius 3 is 2.70 bits per heavy atom. The van der Waals surface area contributed by atoms with E-state index in [0.717, 1.165) is 5.56 Å². The third-order valence-corrected chi connectivity index (χ3v) is 4.03. The lowest BCUT2D eigenvalue weighted by Gasteiger charge is -2.17. The lowest BCUT2D eigenvalue weighted by Crippen LogP contribution is -2.08. The molecule has 1 aliphatic heterocycles. The number of fused-ring (bicyclic) bond motifs is 1. The molecule has 0 amide bonds. The second-order valence-corrected chi connectivity index (χ2v) is 5.82. The summed E-state index contributed by atoms with van der Waals surface area (Å²) in [6.45, 7) is 2.13. The zero-order valence-corrected chi connectivity index (χ0v) is 15.1. The molecule has 1 aliphatic rings. The predicted molar refractivity (Wildman–Crippen MR) is 98.2 cm³/mol. The number of rotatable bonds is 7. The van der Waals surface area contributed by atoms with Gasteiger partial charge in [0.2, 0.25) is 6.10 Å². The Morgan fingerprint density at radius 1 is 1.26 bits per heavy atom. The van der Waals surface area contributed by atoms with E-state index in [1.165, 1.54) is 7.11 Å². The number of cyclic esters (lactones) is 1. The van der Waals surface area contributed by atoms with Crippen molar-refractivity contribution in [3.63, 3.8) is 0 Å². The Morgan fingerprint density at radius 2 is 2.04 bits per heavy atom. The number of nitriles is 1. The van der Waals surface area contributed by atoms with E-state index in [4.69, 9.17) is 18.9 Å². The smallest absolute Gasteiger partial charge is 0.344 e. The minimum Gasteiger partial charge on any atom is -0.488 e. The van der Waals surface area contributed by atoms with Gasteiger partial charge in [0.05, 0.1) is 5.56 Å². The van der Waals surface area contributed by atoms with Crippen molar-refractivity contribution in [2.24, 2.45) is 0 Å². The normalized spacial score (nSPS) is 15.3. The molecular formula is C21H19NO5. The van der Waals surface area contributed by atoms with Crippen LogP contribution in [0.1, 0.15) is 40.1 Å². The second kappa shape index (κ2) is 8.39. The van der Waals surface area contributed by atoms with Crippen LogP contribution in [0.5, 0.6) is 11.5 Å². The molecule has 27 heavy (non-hydrogen) atoms. The van der Waals surface area contributed by atoms with Crippen LogP contribution in [0.3, 0.4) is 0 Å². The van der Waals surface area contributed by atoms with Crippen LogP contribution in [-0.2, 0) is 16.1 Å². The van der Waals surface area contributed by atoms with Crippen LogP contribution in [0.4, 0.5) is 0 Å². The zero-order valence-electron chi connectivity index (χ0n) is 15.1. The number of benzene rings is 2. The topological polar surface area (TPSA) is 77.8 Å². The summed E-state index contributed by atoms with van der Waals surface area (Å²) in [6.07, 6.45) is 2.62. The molecule has 0 saturated heterocycles. The van der Waals surface area contributed by atoms with E-state index in [2.05, 4.69) is 0 Å². The minimum atomic E-state index is -0.990. The molecule has 2 aromatic rings. The predicted octanol–water partition coefficient (Wildman–Crippen LogP) is 4.02. The van der Waals surface area contributed by atoms with E-state index in [1.807, 2.05) is 49.4 Å². The largest absolute Gasteiger partial charge is 0.488 e. The summed E-state index contributed by atoms with van der Waals surface area (Å²) in [5.41, 5.74) is 2.26. The summed E-state index contributed by atoms with van der Waals surface area (Å²) < 4.78 is 21.8. The van der Waals surface area contributed by atoms with Gasteiger partial charge in [0.1, 0.15) is 29.7 Å². The molecule has 0 aromatic heterocycles. The van der Waals surface area contributed by atoms with Gasteiger partial charge in [-0.15, -0.1) is 0 Å². The minimum absolute atomic E-state index is 0.0520. The Balaban J connectivity index is 2.08. The van der Waals surface area contributed by atoms with Gasteiger partial charge in [-0.3, -0.25) is 0 Å². The Kier molecular flexibility index (Phi) is 5.74. The Hall–Kier alpha value is -3.30. The molecule has 0 bridgehead atoms. The van der Waals surface area contributed by atoms with Crippen LogP contribution in [0, 0.1) is 11.3 Å². The van der Waals surface area contributed by atoms with E-state index < -0.39 is 12.1 Å². The van der Waals surface area contributed by atoms with E-state index >= 15 is 0 Å². The number of allylic oxidation sites excluding steroid dienone is 1. The van der Waals surface area contributed by atoms with E-state index in [0.29, 0.717) is 29.2 Å². The number of nitrogens with zero attached hydrogens (tertiary/aromatic N) is 1. The van der Waals surface area contributed by atoms with Crippen LogP contribution in [-0.4, -0.2) is 19.9 Å². The number of hydrogen-bond donors (Lipinski definition) is 0. The number of esters is 1. The third kappa shape index (κ3) is 3.78. The summed E-state index contributed by atoms with van der Waals surface area (Å²) in [5, 5.41) is 9.32. The van der Waals surface area contributed by atoms with Crippen LogP contribution in [0.15, 0.2) is 42.5 Å². The highest BCUT2D eigenvalue weighted by Gasteiger charge is 2.37. The van der Waals surface area contributed by atoms with Gasteiger partial charge in [-0.2, -0.15) is 5.26 Å². The summed E-state index contributed by atoms with van der Waals surface area (Å²) in [7, 11) is 1.49. The van der Waals surface area contributed by atoms with Crippen molar-refractivity contribution in [3.05, 3.63) is 64.7 Å². The number of ether oxygens (including phenoxy) is 4. The van der Waals surface area contributed by atoms with E-state index in [1.54, 1.807) is 12.1 Å². The van der Waals surface area contributed by atoms with Gasteiger partial charge < -0.3 is 18.9 Å². The molecule has 138 valence electrons. The van der Waals surface area contributed by atoms with Gasteiger partial charge in [0.15, 0.2) is 6.79 Å². The van der Waals surface area contributed by atoms with Crippen molar-refractivity contribution in [1.82, 2.24) is 0 Å². The molecule has 1 heterocycles. The first-order valence-electron chi connectivity index (χ1n) is 8.42. The molecule has 6 heteroatoms. The molecule has 6 nitrogen and oxygen atoms in total. The molecular weight excluding hydrogens is 346 g/mol. The SMILES string of the molecule is C/C=C/c1c(OCc2ccccc2)cc2c(c1OCOC)C(=O)OC2C#N. The van der Waals surface area contributed by atoms with Gasteiger partial charge in [0.25, 0.3) is 0 Å². The fraction of sp³-hybridized carbons (Fsp3) is 0.238. The van der Waals surface area contributed by atoms with Crippen LogP contribution < -0.4 is 9.47 Å². The lowest BCUT2D eigenvalue weighted by atomic mass is 9.99. The second-order valence-electron chi connectivity index (χ2n) is 5.82. The van der Waals surface area contributed by atoms with E-state index in [-0.39, 0.29) is 12.4 Å². The van der Waals surface area contributed by atoms with Crippen molar-refractivity contribution in [3.8, 4) is 17.6 Å². The zero-order chi connectivity index (χ0) is 19.2. The van der Waals surface area contributed by atoms with Crippen LogP contribution >= 0.6 is 0 Å². The van der Waals surface area contributed by atoms with Gasteiger partial charge in [-0.25, -0.2) is 4.79 Å².